The number of aryl methyl sites for hydroxylation is 2. The molecule has 2 heterocycles. The number of benzene rings is 2. The van der Waals surface area contributed by atoms with Crippen LogP contribution in [-0.4, -0.2) is 51.3 Å². The number of allylic oxidation sites excluding steroid dienone is 2. The summed E-state index contributed by atoms with van der Waals surface area (Å²) in [5.74, 6) is 1.97. The largest absolute Gasteiger partial charge is 0.494 e. The third-order valence-electron chi connectivity index (χ3n) is 6.19. The lowest BCUT2D eigenvalue weighted by molar-refractivity contribution is 0.283. The molecule has 2 aliphatic heterocycles. The highest BCUT2D eigenvalue weighted by Crippen LogP contribution is 2.49. The number of anilines is 2. The molecule has 0 radical (unpaired) electrons. The van der Waals surface area contributed by atoms with E-state index in [1.807, 2.05) is 37.4 Å². The molecule has 40 heavy (non-hydrogen) atoms. The van der Waals surface area contributed by atoms with Gasteiger partial charge in [-0.05, 0) is 77.8 Å². The monoisotopic (exact) mass is 608 g/mol. The molecular formula is C29H40N2O6S3. The molecule has 2 aromatic rings. The molecule has 220 valence electrons. The molecule has 1 atom stereocenters. The maximum absolute atomic E-state index is 9.56. The van der Waals surface area contributed by atoms with Crippen molar-refractivity contribution in [2.45, 2.75) is 63.6 Å². The summed E-state index contributed by atoms with van der Waals surface area (Å²) in [6, 6.07) is 8.91. The second-order valence-electron chi connectivity index (χ2n) is 8.90. The molecule has 0 saturated heterocycles. The van der Waals surface area contributed by atoms with E-state index in [0.717, 1.165) is 24.6 Å². The van der Waals surface area contributed by atoms with Crippen molar-refractivity contribution >= 4 is 45.3 Å². The Kier molecular flexibility index (Phi) is 11.7. The third-order valence-corrected chi connectivity index (χ3v) is 9.07. The minimum atomic E-state index is -4.17. The van der Waals surface area contributed by atoms with E-state index in [2.05, 4.69) is 84.2 Å². The molecule has 0 aliphatic carbocycles. The maximum atomic E-state index is 9.56. The predicted molar refractivity (Wildman–Crippen MR) is 167 cm³/mol. The molecule has 0 amide bonds. The van der Waals surface area contributed by atoms with Gasteiger partial charge in [0.1, 0.15) is 11.5 Å². The number of likely N-dealkylation sites (N-methyl/N-ethyl adjacent to an activating group) is 1. The van der Waals surface area contributed by atoms with Gasteiger partial charge >= 0.3 is 10.4 Å². The van der Waals surface area contributed by atoms with E-state index in [1.165, 1.54) is 44.2 Å². The summed E-state index contributed by atoms with van der Waals surface area (Å²) >= 11 is 3.75. The van der Waals surface area contributed by atoms with Crippen molar-refractivity contribution in [1.82, 2.24) is 0 Å². The first-order valence-electron chi connectivity index (χ1n) is 13.5. The Morgan fingerprint density at radius 1 is 0.875 bits per heavy atom. The van der Waals surface area contributed by atoms with Crippen LogP contribution in [0, 0.1) is 13.8 Å². The number of hydrogen-bond acceptors (Lipinski definition) is 9. The SMILES string of the molecule is CCOS(=O)(=O)O.CCOc1cc2c(cc1C)SC(=CC=CC1Sc3cc(C)c(OCC)cc3N1CC)N2CC. The number of nitrogens with zero attached hydrogens (tertiary/aromatic N) is 2. The van der Waals surface area contributed by atoms with Gasteiger partial charge in [-0.2, -0.15) is 8.42 Å². The number of thioether (sulfide) groups is 2. The molecule has 0 bridgehead atoms. The topological polar surface area (TPSA) is 88.5 Å². The molecular weight excluding hydrogens is 569 g/mol. The fraction of sp³-hybridized carbons (Fsp3) is 0.448. The van der Waals surface area contributed by atoms with E-state index in [4.69, 9.17) is 14.0 Å². The van der Waals surface area contributed by atoms with Crippen LogP contribution in [0.25, 0.3) is 0 Å². The van der Waals surface area contributed by atoms with Crippen LogP contribution in [-0.2, 0) is 14.6 Å². The van der Waals surface area contributed by atoms with E-state index < -0.39 is 10.4 Å². The Labute approximate surface area is 247 Å². The summed E-state index contributed by atoms with van der Waals surface area (Å²) in [4.78, 5) is 7.45. The zero-order chi connectivity index (χ0) is 29.4. The highest BCUT2D eigenvalue weighted by atomic mass is 32.3. The molecule has 11 heteroatoms. The van der Waals surface area contributed by atoms with Gasteiger partial charge in [-0.1, -0.05) is 35.7 Å². The van der Waals surface area contributed by atoms with Crippen LogP contribution in [0.4, 0.5) is 11.4 Å². The van der Waals surface area contributed by atoms with E-state index in [9.17, 15) is 8.42 Å². The van der Waals surface area contributed by atoms with Crippen LogP contribution in [0.3, 0.4) is 0 Å². The van der Waals surface area contributed by atoms with Crippen molar-refractivity contribution in [2.75, 3.05) is 42.7 Å². The van der Waals surface area contributed by atoms with E-state index in [1.54, 1.807) is 0 Å². The van der Waals surface area contributed by atoms with E-state index >= 15 is 0 Å². The Morgan fingerprint density at radius 2 is 1.48 bits per heavy atom. The molecule has 0 fully saturated rings. The predicted octanol–water partition coefficient (Wildman–Crippen LogP) is 7.21. The lowest BCUT2D eigenvalue weighted by Crippen LogP contribution is -2.27. The molecule has 4 rings (SSSR count). The van der Waals surface area contributed by atoms with Crippen LogP contribution >= 0.6 is 23.5 Å². The second-order valence-corrected chi connectivity index (χ2v) is 12.2. The highest BCUT2D eigenvalue weighted by molar-refractivity contribution is 8.03. The Balaban J connectivity index is 0.000000559. The molecule has 1 N–H and O–H groups in total. The van der Waals surface area contributed by atoms with Gasteiger partial charge in [0.15, 0.2) is 0 Å². The van der Waals surface area contributed by atoms with Crippen molar-refractivity contribution < 1.29 is 26.6 Å². The summed E-state index contributed by atoms with van der Waals surface area (Å²) in [6.45, 7) is 17.4. The van der Waals surface area contributed by atoms with Crippen LogP contribution in [0.1, 0.15) is 45.7 Å². The molecule has 0 aromatic heterocycles. The smallest absolute Gasteiger partial charge is 0.397 e. The second kappa shape index (κ2) is 14.5. The maximum Gasteiger partial charge on any atom is 0.397 e. The lowest BCUT2D eigenvalue weighted by Gasteiger charge is -2.23. The molecule has 0 saturated carbocycles. The van der Waals surface area contributed by atoms with Gasteiger partial charge in [-0.25, -0.2) is 4.18 Å². The molecule has 1 unspecified atom stereocenters. The van der Waals surface area contributed by atoms with Crippen LogP contribution in [0.2, 0.25) is 0 Å². The fourth-order valence-corrected chi connectivity index (χ4v) is 7.36. The Morgan fingerprint density at radius 3 is 1.98 bits per heavy atom. The van der Waals surface area contributed by atoms with E-state index in [-0.39, 0.29) is 12.0 Å². The molecule has 8 nitrogen and oxygen atoms in total. The quantitative estimate of drug-likeness (QED) is 0.279. The number of hydrogen-bond donors (Lipinski definition) is 1. The standard InChI is InChI=1S/C27H34N2O2S2.C2H6O4S/c1-7-28-20-16-22(30-9-3)18(5)14-24(20)32-26(28)12-11-13-27-29(8-2)21-17-23(31-10-4)19(6)15-25(21)33-27;1-2-6-7(3,4)5/h11-17,26H,7-10H2,1-6H3;2H2,1H3,(H,3,4,5). The van der Waals surface area contributed by atoms with Crippen LogP contribution < -0.4 is 19.3 Å². The summed E-state index contributed by atoms with van der Waals surface area (Å²) in [5.41, 5.74) is 4.91. The van der Waals surface area contributed by atoms with Crippen molar-refractivity contribution in [3.63, 3.8) is 0 Å². The molecule has 2 aliphatic rings. The van der Waals surface area contributed by atoms with Gasteiger partial charge in [0.05, 0.1) is 41.6 Å². The van der Waals surface area contributed by atoms with Gasteiger partial charge in [0.2, 0.25) is 0 Å². The summed E-state index contributed by atoms with van der Waals surface area (Å²) in [5, 5.41) is 1.55. The summed E-state index contributed by atoms with van der Waals surface area (Å²) < 4.78 is 42.3. The number of rotatable bonds is 10. The number of ether oxygens (including phenoxy) is 2. The fourth-order valence-electron chi connectivity index (χ4n) is 4.48. The minimum absolute atomic E-state index is 0.0289. The van der Waals surface area contributed by atoms with Crippen molar-refractivity contribution in [2.24, 2.45) is 0 Å². The Bertz CT molecular complexity index is 1340. The van der Waals surface area contributed by atoms with Gasteiger partial charge in [-0.3, -0.25) is 4.55 Å². The highest BCUT2D eigenvalue weighted by Gasteiger charge is 2.29. The normalized spacial score (nSPS) is 17.2. The summed E-state index contributed by atoms with van der Waals surface area (Å²) in [6.07, 6.45) is 6.78. The van der Waals surface area contributed by atoms with Crippen molar-refractivity contribution in [3.05, 3.63) is 58.6 Å². The van der Waals surface area contributed by atoms with Gasteiger partial charge in [-0.15, -0.1) is 0 Å². The van der Waals surface area contributed by atoms with E-state index in [0.29, 0.717) is 13.2 Å². The number of fused-ring (bicyclic) bond motifs is 2. The van der Waals surface area contributed by atoms with Crippen LogP contribution in [0.5, 0.6) is 11.5 Å². The lowest BCUT2D eigenvalue weighted by atomic mass is 10.2. The zero-order valence-electron chi connectivity index (χ0n) is 24.3. The molecule has 2 aromatic carbocycles. The van der Waals surface area contributed by atoms with Gasteiger partial charge in [0, 0.05) is 35.0 Å². The minimum Gasteiger partial charge on any atom is -0.494 e. The Hall–Kier alpha value is -2.31. The first-order chi connectivity index (χ1) is 19.1. The zero-order valence-corrected chi connectivity index (χ0v) is 26.7. The average Bonchev–Trinajstić information content (AvgIpc) is 3.40. The summed E-state index contributed by atoms with van der Waals surface area (Å²) in [7, 11) is -4.17. The average molecular weight is 609 g/mol. The van der Waals surface area contributed by atoms with Crippen molar-refractivity contribution in [1.29, 1.82) is 0 Å². The third kappa shape index (κ3) is 7.91. The first-order valence-corrected chi connectivity index (χ1v) is 16.6. The van der Waals surface area contributed by atoms with Gasteiger partial charge < -0.3 is 19.3 Å². The van der Waals surface area contributed by atoms with Crippen LogP contribution in [0.15, 0.2) is 57.3 Å². The molecule has 0 spiro atoms. The first kappa shape index (κ1) is 32.2. The van der Waals surface area contributed by atoms with Gasteiger partial charge in [0.25, 0.3) is 0 Å². The van der Waals surface area contributed by atoms with Crippen molar-refractivity contribution in [3.8, 4) is 11.5 Å².